The first kappa shape index (κ1) is 19.5. The molecule has 0 spiro atoms. The van der Waals surface area contributed by atoms with E-state index >= 15 is 0 Å². The number of amides is 1. The molecule has 146 valence electrons. The largest absolute Gasteiger partial charge is 0.322 e. The fraction of sp³-hybridized carbons (Fsp3) is 0.316. The number of benzene rings is 1. The third-order valence-corrected chi connectivity index (χ3v) is 5.75. The second-order valence-electron chi connectivity index (χ2n) is 6.83. The predicted octanol–water partition coefficient (Wildman–Crippen LogP) is 4.51. The minimum absolute atomic E-state index is 0.155. The number of nitrogens with one attached hydrogen (secondary N) is 1. The van der Waals surface area contributed by atoms with Crippen molar-refractivity contribution in [3.63, 3.8) is 0 Å². The van der Waals surface area contributed by atoms with Gasteiger partial charge in [-0.1, -0.05) is 40.9 Å². The third-order valence-electron chi connectivity index (χ3n) is 4.93. The Kier molecular flexibility index (Phi) is 5.73. The van der Waals surface area contributed by atoms with Crippen LogP contribution in [-0.4, -0.2) is 45.0 Å². The Morgan fingerprint density at radius 3 is 2.54 bits per heavy atom. The molecule has 0 aliphatic carbocycles. The number of halogens is 3. The second kappa shape index (κ2) is 8.25. The van der Waals surface area contributed by atoms with E-state index in [0.29, 0.717) is 26.7 Å². The number of hydrogen-bond donors (Lipinski definition) is 1. The maximum Gasteiger partial charge on any atom is 0.238 e. The molecule has 6 nitrogen and oxygen atoms in total. The van der Waals surface area contributed by atoms with Gasteiger partial charge in [0.2, 0.25) is 5.91 Å². The molecule has 4 rings (SSSR count). The van der Waals surface area contributed by atoms with Crippen LogP contribution in [-0.2, 0) is 4.79 Å². The molecule has 1 amide bonds. The molecule has 1 fully saturated rings. The molecule has 0 radical (unpaired) electrons. The van der Waals surface area contributed by atoms with Crippen molar-refractivity contribution >= 4 is 52.0 Å². The minimum Gasteiger partial charge on any atom is -0.322 e. The summed E-state index contributed by atoms with van der Waals surface area (Å²) in [6.45, 7) is 1.90. The molecule has 0 bridgehead atoms. The lowest BCUT2D eigenvalue weighted by atomic mass is 9.96. The van der Waals surface area contributed by atoms with Gasteiger partial charge in [0.25, 0.3) is 0 Å². The topological polar surface area (TPSA) is 62.5 Å². The van der Waals surface area contributed by atoms with Crippen LogP contribution in [0.4, 0.5) is 5.69 Å². The van der Waals surface area contributed by atoms with Crippen LogP contribution in [0.1, 0.15) is 24.6 Å². The van der Waals surface area contributed by atoms with Gasteiger partial charge >= 0.3 is 0 Å². The molecular weight excluding hydrogens is 421 g/mol. The predicted molar refractivity (Wildman–Crippen MR) is 112 cm³/mol. The van der Waals surface area contributed by atoms with Gasteiger partial charge in [-0.3, -0.25) is 14.1 Å². The van der Waals surface area contributed by atoms with Crippen molar-refractivity contribution in [3.8, 4) is 0 Å². The quantitative estimate of drug-likeness (QED) is 0.651. The molecule has 0 saturated carbocycles. The summed E-state index contributed by atoms with van der Waals surface area (Å²) in [5, 5.41) is 12.5. The van der Waals surface area contributed by atoms with E-state index in [-0.39, 0.29) is 12.5 Å². The van der Waals surface area contributed by atoms with Gasteiger partial charge in [-0.05, 0) is 50.2 Å². The molecule has 0 unspecified atom stereocenters. The molecule has 9 heteroatoms. The van der Waals surface area contributed by atoms with E-state index in [1.54, 1.807) is 12.1 Å². The highest BCUT2D eigenvalue weighted by Gasteiger charge is 2.25. The fourth-order valence-corrected chi connectivity index (χ4v) is 4.44. The lowest BCUT2D eigenvalue weighted by Crippen LogP contribution is -2.39. The van der Waals surface area contributed by atoms with Gasteiger partial charge in [0.15, 0.2) is 5.65 Å². The number of piperidine rings is 1. The molecule has 3 heterocycles. The Hall–Kier alpha value is -1.86. The number of fused-ring (bicyclic) bond motifs is 1. The second-order valence-corrected chi connectivity index (χ2v) is 8.08. The average molecular weight is 439 g/mol. The summed E-state index contributed by atoms with van der Waals surface area (Å²) in [7, 11) is 0. The summed E-state index contributed by atoms with van der Waals surface area (Å²) in [5.41, 5.74) is 1.25. The van der Waals surface area contributed by atoms with Gasteiger partial charge in [-0.25, -0.2) is 0 Å². The Balaban J connectivity index is 1.35. The lowest BCUT2D eigenvalue weighted by Gasteiger charge is -2.30. The maximum absolute atomic E-state index is 12.4. The van der Waals surface area contributed by atoms with E-state index in [4.69, 9.17) is 34.8 Å². The highest BCUT2D eigenvalue weighted by atomic mass is 35.5. The smallest absolute Gasteiger partial charge is 0.238 e. The molecule has 0 atom stereocenters. The summed E-state index contributed by atoms with van der Waals surface area (Å²) >= 11 is 18.2. The lowest BCUT2D eigenvalue weighted by molar-refractivity contribution is -0.117. The van der Waals surface area contributed by atoms with Crippen LogP contribution in [0, 0.1) is 0 Å². The van der Waals surface area contributed by atoms with Gasteiger partial charge in [-0.15, -0.1) is 10.2 Å². The molecule has 28 heavy (non-hydrogen) atoms. The van der Waals surface area contributed by atoms with E-state index < -0.39 is 0 Å². The van der Waals surface area contributed by atoms with Gasteiger partial charge in [0.1, 0.15) is 5.82 Å². The highest BCUT2D eigenvalue weighted by Crippen LogP contribution is 2.33. The number of anilines is 1. The van der Waals surface area contributed by atoms with Crippen molar-refractivity contribution in [2.45, 2.75) is 18.8 Å². The number of hydrogen-bond acceptors (Lipinski definition) is 4. The van der Waals surface area contributed by atoms with E-state index in [0.717, 1.165) is 37.4 Å². The number of likely N-dealkylation sites (tertiary alicyclic amines) is 1. The van der Waals surface area contributed by atoms with Gasteiger partial charge < -0.3 is 5.32 Å². The molecule has 1 aromatic carbocycles. The maximum atomic E-state index is 12.4. The molecule has 1 saturated heterocycles. The molecule has 1 aliphatic rings. The number of carbonyl (C=O) groups is 1. The van der Waals surface area contributed by atoms with Crippen LogP contribution in [0.15, 0.2) is 36.5 Å². The number of rotatable bonds is 4. The zero-order valence-electron chi connectivity index (χ0n) is 14.9. The Labute approximate surface area is 177 Å². The zero-order chi connectivity index (χ0) is 19.7. The summed E-state index contributed by atoms with van der Waals surface area (Å²) < 4.78 is 2.04. The molecule has 2 aromatic heterocycles. The molecular formula is C19H18Cl3N5O. The minimum atomic E-state index is -0.155. The van der Waals surface area contributed by atoms with Crippen LogP contribution < -0.4 is 5.32 Å². The number of nitrogens with zero attached hydrogens (tertiary/aromatic N) is 4. The van der Waals surface area contributed by atoms with Crippen LogP contribution in [0.25, 0.3) is 5.65 Å². The number of carbonyl (C=O) groups excluding carboxylic acids is 1. The monoisotopic (exact) mass is 437 g/mol. The van der Waals surface area contributed by atoms with Crippen LogP contribution in [0.3, 0.4) is 0 Å². The Morgan fingerprint density at radius 1 is 1.11 bits per heavy atom. The number of pyridine rings is 1. The SMILES string of the molecule is O=C(CN1CCC(c2nnc3ccccn23)CC1)Nc1c(Cl)cc(Cl)cc1Cl. The van der Waals surface area contributed by atoms with Crippen molar-refractivity contribution in [2.75, 3.05) is 25.0 Å². The van der Waals surface area contributed by atoms with E-state index in [1.807, 2.05) is 28.8 Å². The fourth-order valence-electron chi connectivity index (χ4n) is 3.53. The van der Waals surface area contributed by atoms with Crippen LogP contribution >= 0.6 is 34.8 Å². The Bertz CT molecular complexity index is 991. The van der Waals surface area contributed by atoms with Crippen molar-refractivity contribution in [2.24, 2.45) is 0 Å². The van der Waals surface area contributed by atoms with E-state index in [9.17, 15) is 4.79 Å². The molecule has 1 N–H and O–H groups in total. The first-order valence-electron chi connectivity index (χ1n) is 8.97. The third kappa shape index (κ3) is 4.10. The number of aromatic nitrogens is 3. The van der Waals surface area contributed by atoms with Crippen molar-refractivity contribution in [3.05, 3.63) is 57.4 Å². The van der Waals surface area contributed by atoms with Crippen molar-refractivity contribution in [1.82, 2.24) is 19.5 Å². The Morgan fingerprint density at radius 2 is 1.82 bits per heavy atom. The van der Waals surface area contributed by atoms with E-state index in [2.05, 4.69) is 20.4 Å². The zero-order valence-corrected chi connectivity index (χ0v) is 17.2. The van der Waals surface area contributed by atoms with Crippen LogP contribution in [0.2, 0.25) is 15.1 Å². The molecule has 3 aromatic rings. The van der Waals surface area contributed by atoms with Crippen molar-refractivity contribution in [1.29, 1.82) is 0 Å². The summed E-state index contributed by atoms with van der Waals surface area (Å²) in [4.78, 5) is 14.5. The normalized spacial score (nSPS) is 15.8. The van der Waals surface area contributed by atoms with Gasteiger partial charge in [-0.2, -0.15) is 0 Å². The summed E-state index contributed by atoms with van der Waals surface area (Å²) in [6, 6.07) is 8.99. The van der Waals surface area contributed by atoms with Gasteiger partial charge in [0.05, 0.1) is 22.3 Å². The van der Waals surface area contributed by atoms with Crippen LogP contribution in [0.5, 0.6) is 0 Å². The highest BCUT2D eigenvalue weighted by molar-refractivity contribution is 6.42. The van der Waals surface area contributed by atoms with Crippen molar-refractivity contribution < 1.29 is 4.79 Å². The standard InChI is InChI=1S/C19H18Cl3N5O/c20-13-9-14(21)18(15(22)10-13)23-17(28)11-26-7-4-12(5-8-26)19-25-24-16-3-1-2-6-27(16)19/h1-3,6,9-10,12H,4-5,7-8,11H2,(H,23,28). The first-order chi connectivity index (χ1) is 13.5. The first-order valence-corrected chi connectivity index (χ1v) is 10.1. The van der Waals surface area contributed by atoms with E-state index in [1.165, 1.54) is 0 Å². The summed E-state index contributed by atoms with van der Waals surface area (Å²) in [5.74, 6) is 1.16. The van der Waals surface area contributed by atoms with Gasteiger partial charge in [0, 0.05) is 17.1 Å². The molecule has 1 aliphatic heterocycles. The summed E-state index contributed by atoms with van der Waals surface area (Å²) in [6.07, 6.45) is 3.83. The average Bonchev–Trinajstić information content (AvgIpc) is 3.09.